The van der Waals surface area contributed by atoms with Crippen LogP contribution in [0.15, 0.2) is 10.7 Å². The van der Waals surface area contributed by atoms with Crippen molar-refractivity contribution in [3.63, 3.8) is 0 Å². The first-order chi connectivity index (χ1) is 9.33. The SMILES string of the molecule is CC1CC(O)(c2c(Br)cnn2CCN(C)C)CCN1C. The van der Waals surface area contributed by atoms with Gasteiger partial charge in [0.05, 0.1) is 22.9 Å². The van der Waals surface area contributed by atoms with E-state index in [1.54, 1.807) is 6.20 Å². The highest BCUT2D eigenvalue weighted by atomic mass is 79.9. The van der Waals surface area contributed by atoms with Crippen molar-refractivity contribution in [1.29, 1.82) is 0 Å². The van der Waals surface area contributed by atoms with Crippen molar-refractivity contribution in [2.24, 2.45) is 0 Å². The van der Waals surface area contributed by atoms with Gasteiger partial charge in [-0.25, -0.2) is 0 Å². The number of hydrogen-bond donors (Lipinski definition) is 1. The van der Waals surface area contributed by atoms with E-state index >= 15 is 0 Å². The van der Waals surface area contributed by atoms with Crippen LogP contribution in [-0.4, -0.2) is 65.0 Å². The number of aliphatic hydroxyl groups is 1. The Bertz CT molecular complexity index is 462. The lowest BCUT2D eigenvalue weighted by molar-refractivity contribution is -0.0478. The van der Waals surface area contributed by atoms with Crippen LogP contribution in [0.2, 0.25) is 0 Å². The summed E-state index contributed by atoms with van der Waals surface area (Å²) in [6.45, 7) is 4.77. The fourth-order valence-corrected chi connectivity index (χ4v) is 3.50. The van der Waals surface area contributed by atoms with E-state index in [1.165, 1.54) is 0 Å². The van der Waals surface area contributed by atoms with Crippen LogP contribution >= 0.6 is 15.9 Å². The standard InChI is InChI=1S/C14H25BrN4O/c1-11-9-14(20,5-6-18(11)4)13-12(15)10-16-19(13)8-7-17(2)3/h10-11,20H,5-9H2,1-4H3. The van der Waals surface area contributed by atoms with E-state index in [-0.39, 0.29) is 0 Å². The van der Waals surface area contributed by atoms with E-state index < -0.39 is 5.60 Å². The lowest BCUT2D eigenvalue weighted by atomic mass is 9.84. The van der Waals surface area contributed by atoms with Gasteiger partial charge in [0, 0.05) is 19.1 Å². The minimum Gasteiger partial charge on any atom is -0.383 e. The Kier molecular flexibility index (Phi) is 4.89. The van der Waals surface area contributed by atoms with E-state index in [2.05, 4.69) is 44.8 Å². The molecule has 114 valence electrons. The summed E-state index contributed by atoms with van der Waals surface area (Å²) in [4.78, 5) is 4.42. The lowest BCUT2D eigenvalue weighted by Gasteiger charge is -2.41. The van der Waals surface area contributed by atoms with E-state index in [4.69, 9.17) is 0 Å². The van der Waals surface area contributed by atoms with Crippen LogP contribution in [0.1, 0.15) is 25.5 Å². The van der Waals surface area contributed by atoms with Gasteiger partial charge in [0.15, 0.2) is 0 Å². The van der Waals surface area contributed by atoms with E-state index in [1.807, 2.05) is 18.8 Å². The van der Waals surface area contributed by atoms with Crippen LogP contribution in [-0.2, 0) is 12.1 Å². The van der Waals surface area contributed by atoms with Crippen LogP contribution in [0.4, 0.5) is 0 Å². The Morgan fingerprint density at radius 2 is 2.25 bits per heavy atom. The second-order valence-corrected chi connectivity index (χ2v) is 7.04. The number of piperidine rings is 1. The molecule has 1 aliphatic heterocycles. The number of halogens is 1. The van der Waals surface area contributed by atoms with Crippen molar-refractivity contribution in [2.45, 2.75) is 38.0 Å². The Morgan fingerprint density at radius 3 is 2.85 bits per heavy atom. The zero-order valence-electron chi connectivity index (χ0n) is 12.8. The predicted octanol–water partition coefficient (Wildman–Crippen LogP) is 1.51. The summed E-state index contributed by atoms with van der Waals surface area (Å²) >= 11 is 3.56. The maximum Gasteiger partial charge on any atom is 0.110 e. The molecule has 1 fully saturated rings. The molecule has 20 heavy (non-hydrogen) atoms. The third kappa shape index (κ3) is 3.24. The summed E-state index contributed by atoms with van der Waals surface area (Å²) < 4.78 is 2.86. The maximum atomic E-state index is 11.1. The van der Waals surface area contributed by atoms with Crippen molar-refractivity contribution in [3.8, 4) is 0 Å². The zero-order valence-corrected chi connectivity index (χ0v) is 14.4. The summed E-state index contributed by atoms with van der Waals surface area (Å²) in [6, 6.07) is 0.373. The molecule has 6 heteroatoms. The third-order valence-corrected chi connectivity index (χ3v) is 4.84. The Morgan fingerprint density at radius 1 is 1.55 bits per heavy atom. The Labute approximate surface area is 129 Å². The quantitative estimate of drug-likeness (QED) is 0.899. The highest BCUT2D eigenvalue weighted by Gasteiger charge is 2.40. The van der Waals surface area contributed by atoms with Crippen molar-refractivity contribution in [2.75, 3.05) is 34.2 Å². The van der Waals surface area contributed by atoms with Gasteiger partial charge in [0.25, 0.3) is 0 Å². The van der Waals surface area contributed by atoms with Gasteiger partial charge in [-0.1, -0.05) is 0 Å². The zero-order chi connectivity index (χ0) is 14.9. The molecular weight excluding hydrogens is 320 g/mol. The summed E-state index contributed by atoms with van der Waals surface area (Å²) in [5.74, 6) is 0. The second kappa shape index (κ2) is 6.13. The van der Waals surface area contributed by atoms with Gasteiger partial charge in [-0.3, -0.25) is 4.68 Å². The molecule has 1 N–H and O–H groups in total. The first-order valence-corrected chi connectivity index (χ1v) is 7.92. The van der Waals surface area contributed by atoms with Gasteiger partial charge in [-0.05, 0) is 56.8 Å². The van der Waals surface area contributed by atoms with Gasteiger partial charge in [-0.2, -0.15) is 5.10 Å². The van der Waals surface area contributed by atoms with Crippen LogP contribution < -0.4 is 0 Å². The lowest BCUT2D eigenvalue weighted by Crippen LogP contribution is -2.47. The monoisotopic (exact) mass is 344 g/mol. The van der Waals surface area contributed by atoms with Crippen molar-refractivity contribution in [1.82, 2.24) is 19.6 Å². The van der Waals surface area contributed by atoms with Gasteiger partial charge >= 0.3 is 0 Å². The number of likely N-dealkylation sites (tertiary alicyclic amines) is 1. The molecule has 0 spiro atoms. The van der Waals surface area contributed by atoms with E-state index in [0.717, 1.165) is 42.6 Å². The fourth-order valence-electron chi connectivity index (χ4n) is 2.83. The summed E-state index contributed by atoms with van der Waals surface area (Å²) in [5.41, 5.74) is 0.146. The number of nitrogens with zero attached hydrogens (tertiary/aromatic N) is 4. The van der Waals surface area contributed by atoms with E-state index in [0.29, 0.717) is 6.04 Å². The molecule has 2 rings (SSSR count). The molecule has 1 aliphatic rings. The van der Waals surface area contributed by atoms with Gasteiger partial charge < -0.3 is 14.9 Å². The molecule has 2 heterocycles. The molecule has 0 amide bonds. The smallest absolute Gasteiger partial charge is 0.110 e. The minimum atomic E-state index is -0.784. The van der Waals surface area contributed by atoms with Crippen LogP contribution in [0.5, 0.6) is 0 Å². The van der Waals surface area contributed by atoms with Crippen LogP contribution in [0.25, 0.3) is 0 Å². The first-order valence-electron chi connectivity index (χ1n) is 7.12. The summed E-state index contributed by atoms with van der Waals surface area (Å²) in [5, 5.41) is 15.5. The molecule has 0 aromatic carbocycles. The van der Waals surface area contributed by atoms with Crippen LogP contribution in [0.3, 0.4) is 0 Å². The predicted molar refractivity (Wildman–Crippen MR) is 83.7 cm³/mol. The average molecular weight is 345 g/mol. The molecule has 0 aliphatic carbocycles. The minimum absolute atomic E-state index is 0.373. The average Bonchev–Trinajstić information content (AvgIpc) is 2.74. The normalized spacial score (nSPS) is 28.2. The fraction of sp³-hybridized carbons (Fsp3) is 0.786. The maximum absolute atomic E-state index is 11.1. The van der Waals surface area contributed by atoms with Gasteiger partial charge in [0.2, 0.25) is 0 Å². The number of rotatable bonds is 4. The number of aromatic nitrogens is 2. The van der Waals surface area contributed by atoms with Crippen molar-refractivity contribution in [3.05, 3.63) is 16.4 Å². The Hall–Kier alpha value is -0.430. The van der Waals surface area contributed by atoms with Gasteiger partial charge in [-0.15, -0.1) is 0 Å². The third-order valence-electron chi connectivity index (χ3n) is 4.26. The van der Waals surface area contributed by atoms with Gasteiger partial charge in [0.1, 0.15) is 5.60 Å². The number of hydrogen-bond acceptors (Lipinski definition) is 4. The summed E-state index contributed by atoms with van der Waals surface area (Å²) in [6.07, 6.45) is 3.29. The molecule has 0 saturated carbocycles. The molecule has 2 atom stereocenters. The second-order valence-electron chi connectivity index (χ2n) is 6.18. The molecule has 5 nitrogen and oxygen atoms in total. The number of likely N-dealkylation sites (N-methyl/N-ethyl adjacent to an activating group) is 1. The molecule has 1 saturated heterocycles. The molecule has 1 aromatic heterocycles. The summed E-state index contributed by atoms with van der Waals surface area (Å²) in [7, 11) is 6.21. The molecule has 0 radical (unpaired) electrons. The highest BCUT2D eigenvalue weighted by molar-refractivity contribution is 9.10. The topological polar surface area (TPSA) is 44.5 Å². The molecule has 2 unspecified atom stereocenters. The highest BCUT2D eigenvalue weighted by Crippen LogP contribution is 2.38. The van der Waals surface area contributed by atoms with Crippen molar-refractivity contribution < 1.29 is 5.11 Å². The van der Waals surface area contributed by atoms with Crippen LogP contribution in [0, 0.1) is 0 Å². The van der Waals surface area contributed by atoms with E-state index in [9.17, 15) is 5.11 Å². The molecular formula is C14H25BrN4O. The first kappa shape index (κ1) is 15.9. The molecule has 0 bridgehead atoms. The largest absolute Gasteiger partial charge is 0.383 e. The Balaban J connectivity index is 2.24. The van der Waals surface area contributed by atoms with Crippen molar-refractivity contribution >= 4 is 15.9 Å². The molecule has 1 aromatic rings.